The Balaban J connectivity index is 1.64. The van der Waals surface area contributed by atoms with Gasteiger partial charge in [-0.1, -0.05) is 23.7 Å². The normalized spacial score (nSPS) is 15.3. The summed E-state index contributed by atoms with van der Waals surface area (Å²) in [6.07, 6.45) is 1.73. The minimum atomic E-state index is 0.0375. The maximum absolute atomic E-state index is 9.05. The summed E-state index contributed by atoms with van der Waals surface area (Å²) < 4.78 is 0. The Kier molecular flexibility index (Phi) is 4.27. The molecule has 0 unspecified atom stereocenters. The molecule has 0 bridgehead atoms. The third kappa shape index (κ3) is 3.28. The van der Waals surface area contributed by atoms with Crippen molar-refractivity contribution in [2.45, 2.75) is 6.61 Å². The second-order valence-corrected chi connectivity index (χ2v) is 5.57. The molecule has 0 amide bonds. The van der Waals surface area contributed by atoms with Crippen LogP contribution < -0.4 is 9.80 Å². The minimum Gasteiger partial charge on any atom is -0.392 e. The second-order valence-electron chi connectivity index (χ2n) is 5.14. The average Bonchev–Trinajstić information content (AvgIpc) is 2.55. The maximum atomic E-state index is 9.05. The molecule has 1 aromatic heterocycles. The van der Waals surface area contributed by atoms with Gasteiger partial charge in [0.1, 0.15) is 5.82 Å². The average molecular weight is 304 g/mol. The Morgan fingerprint density at radius 3 is 2.43 bits per heavy atom. The largest absolute Gasteiger partial charge is 0.392 e. The summed E-state index contributed by atoms with van der Waals surface area (Å²) in [5.41, 5.74) is 2.02. The fourth-order valence-electron chi connectivity index (χ4n) is 2.56. The molecule has 1 fully saturated rings. The zero-order valence-electron chi connectivity index (χ0n) is 11.7. The number of aliphatic hydroxyl groups is 1. The van der Waals surface area contributed by atoms with E-state index in [-0.39, 0.29) is 6.61 Å². The van der Waals surface area contributed by atoms with Gasteiger partial charge < -0.3 is 14.9 Å². The highest BCUT2D eigenvalue weighted by atomic mass is 35.5. The Morgan fingerprint density at radius 1 is 1.05 bits per heavy atom. The fraction of sp³-hybridized carbons (Fsp3) is 0.312. The fourth-order valence-corrected chi connectivity index (χ4v) is 2.75. The van der Waals surface area contributed by atoms with Crippen LogP contribution in [0.5, 0.6) is 0 Å². The SMILES string of the molecule is OCc1ccc(N2CCN(c3cccc(Cl)c3)CC2)nc1. The van der Waals surface area contributed by atoms with Crippen molar-refractivity contribution in [2.24, 2.45) is 0 Å². The number of anilines is 2. The van der Waals surface area contributed by atoms with Crippen LogP contribution in [0.3, 0.4) is 0 Å². The van der Waals surface area contributed by atoms with Crippen LogP contribution in [0, 0.1) is 0 Å². The number of hydrogen-bond donors (Lipinski definition) is 1. The van der Waals surface area contributed by atoms with Crippen LogP contribution in [0.1, 0.15) is 5.56 Å². The number of rotatable bonds is 3. The van der Waals surface area contributed by atoms with Crippen LogP contribution in [-0.4, -0.2) is 36.3 Å². The van der Waals surface area contributed by atoms with Crippen LogP contribution in [-0.2, 0) is 6.61 Å². The van der Waals surface area contributed by atoms with Crippen molar-refractivity contribution in [2.75, 3.05) is 36.0 Å². The first-order valence-corrected chi connectivity index (χ1v) is 7.45. The molecular formula is C16H18ClN3O. The van der Waals surface area contributed by atoms with Gasteiger partial charge >= 0.3 is 0 Å². The van der Waals surface area contributed by atoms with Gasteiger partial charge in [0, 0.05) is 43.1 Å². The van der Waals surface area contributed by atoms with Gasteiger partial charge in [-0.05, 0) is 29.8 Å². The maximum Gasteiger partial charge on any atom is 0.128 e. The number of hydrogen-bond acceptors (Lipinski definition) is 4. The highest BCUT2D eigenvalue weighted by Gasteiger charge is 2.18. The molecule has 2 heterocycles. The number of benzene rings is 1. The summed E-state index contributed by atoms with van der Waals surface area (Å²) in [4.78, 5) is 9.02. The van der Waals surface area contributed by atoms with Gasteiger partial charge in [0.2, 0.25) is 0 Å². The van der Waals surface area contributed by atoms with E-state index in [1.807, 2.05) is 30.3 Å². The first-order valence-electron chi connectivity index (χ1n) is 7.07. The molecule has 1 saturated heterocycles. The van der Waals surface area contributed by atoms with E-state index in [0.717, 1.165) is 42.6 Å². The van der Waals surface area contributed by atoms with Gasteiger partial charge in [-0.2, -0.15) is 0 Å². The Bertz CT molecular complexity index is 595. The van der Waals surface area contributed by atoms with Gasteiger partial charge in [-0.15, -0.1) is 0 Å². The molecule has 0 spiro atoms. The Hall–Kier alpha value is -1.78. The van der Waals surface area contributed by atoms with Crippen molar-refractivity contribution < 1.29 is 5.11 Å². The van der Waals surface area contributed by atoms with Gasteiger partial charge in [0.05, 0.1) is 6.61 Å². The number of aliphatic hydroxyl groups excluding tert-OH is 1. The van der Waals surface area contributed by atoms with Crippen LogP contribution in [0.15, 0.2) is 42.6 Å². The summed E-state index contributed by atoms with van der Waals surface area (Å²) in [5.74, 6) is 0.970. The van der Waals surface area contributed by atoms with Crippen LogP contribution in [0.4, 0.5) is 11.5 Å². The van der Waals surface area contributed by atoms with Gasteiger partial charge in [0.15, 0.2) is 0 Å². The molecule has 0 aliphatic carbocycles. The molecule has 0 radical (unpaired) electrons. The summed E-state index contributed by atoms with van der Waals surface area (Å²) in [5, 5.41) is 9.83. The molecule has 5 heteroatoms. The summed E-state index contributed by atoms with van der Waals surface area (Å²) in [7, 11) is 0. The molecule has 4 nitrogen and oxygen atoms in total. The van der Waals surface area contributed by atoms with Crippen molar-refractivity contribution in [3.05, 3.63) is 53.2 Å². The zero-order valence-corrected chi connectivity index (χ0v) is 12.5. The predicted molar refractivity (Wildman–Crippen MR) is 86.0 cm³/mol. The predicted octanol–water partition coefficient (Wildman–Crippen LogP) is 2.55. The molecule has 0 saturated carbocycles. The van der Waals surface area contributed by atoms with Gasteiger partial charge in [-0.25, -0.2) is 4.98 Å². The van der Waals surface area contributed by atoms with E-state index in [1.165, 1.54) is 5.69 Å². The number of piperazine rings is 1. The van der Waals surface area contributed by atoms with Crippen molar-refractivity contribution in [3.8, 4) is 0 Å². The molecule has 3 rings (SSSR count). The summed E-state index contributed by atoms with van der Waals surface area (Å²) in [6, 6.07) is 11.9. The van der Waals surface area contributed by atoms with Crippen molar-refractivity contribution >= 4 is 23.1 Å². The lowest BCUT2D eigenvalue weighted by Gasteiger charge is -2.36. The quantitative estimate of drug-likeness (QED) is 0.946. The Labute approximate surface area is 129 Å². The third-order valence-electron chi connectivity index (χ3n) is 3.77. The van der Waals surface area contributed by atoms with Crippen LogP contribution >= 0.6 is 11.6 Å². The molecule has 0 atom stereocenters. The lowest BCUT2D eigenvalue weighted by molar-refractivity contribution is 0.281. The number of halogens is 1. The molecule has 21 heavy (non-hydrogen) atoms. The van der Waals surface area contributed by atoms with Crippen molar-refractivity contribution in [1.29, 1.82) is 0 Å². The topological polar surface area (TPSA) is 39.6 Å². The van der Waals surface area contributed by atoms with E-state index in [1.54, 1.807) is 6.20 Å². The Morgan fingerprint density at radius 2 is 1.81 bits per heavy atom. The lowest BCUT2D eigenvalue weighted by atomic mass is 10.2. The smallest absolute Gasteiger partial charge is 0.128 e. The van der Waals surface area contributed by atoms with Crippen LogP contribution in [0.2, 0.25) is 5.02 Å². The molecule has 2 aromatic rings. The molecule has 1 aromatic carbocycles. The molecular weight excluding hydrogens is 286 g/mol. The lowest BCUT2D eigenvalue weighted by Crippen LogP contribution is -2.46. The monoisotopic (exact) mass is 303 g/mol. The van der Waals surface area contributed by atoms with E-state index in [0.29, 0.717) is 0 Å². The molecule has 1 aliphatic rings. The van der Waals surface area contributed by atoms with E-state index in [9.17, 15) is 0 Å². The summed E-state index contributed by atoms with van der Waals surface area (Å²) in [6.45, 7) is 3.79. The van der Waals surface area contributed by atoms with Gasteiger partial charge in [0.25, 0.3) is 0 Å². The van der Waals surface area contributed by atoms with E-state index >= 15 is 0 Å². The standard InChI is InChI=1S/C16H18ClN3O/c17-14-2-1-3-15(10-14)19-6-8-20(9-7-19)16-5-4-13(12-21)11-18-16/h1-5,10-11,21H,6-9,12H2. The number of nitrogens with zero attached hydrogens (tertiary/aromatic N) is 3. The second kappa shape index (κ2) is 6.33. The van der Waals surface area contributed by atoms with Crippen LogP contribution in [0.25, 0.3) is 0 Å². The molecule has 1 aliphatic heterocycles. The minimum absolute atomic E-state index is 0.0375. The van der Waals surface area contributed by atoms with Crippen molar-refractivity contribution in [1.82, 2.24) is 4.98 Å². The van der Waals surface area contributed by atoms with E-state index < -0.39 is 0 Å². The van der Waals surface area contributed by atoms with E-state index in [2.05, 4.69) is 20.9 Å². The number of aromatic nitrogens is 1. The molecule has 110 valence electrons. The first-order chi connectivity index (χ1) is 10.3. The highest BCUT2D eigenvalue weighted by Crippen LogP contribution is 2.22. The van der Waals surface area contributed by atoms with E-state index in [4.69, 9.17) is 16.7 Å². The first kappa shape index (κ1) is 14.2. The third-order valence-corrected chi connectivity index (χ3v) is 4.00. The van der Waals surface area contributed by atoms with Crippen molar-refractivity contribution in [3.63, 3.8) is 0 Å². The summed E-state index contributed by atoms with van der Waals surface area (Å²) >= 11 is 6.05. The van der Waals surface area contributed by atoms with Gasteiger partial charge in [-0.3, -0.25) is 0 Å². The highest BCUT2D eigenvalue weighted by molar-refractivity contribution is 6.30. The zero-order chi connectivity index (χ0) is 14.7. The molecule has 1 N–H and O–H groups in total. The number of pyridine rings is 1.